The van der Waals surface area contributed by atoms with Gasteiger partial charge in [0.15, 0.2) is 0 Å². The molecule has 0 saturated heterocycles. The Kier molecular flexibility index (Phi) is 9.75. The number of aliphatic carboxylic acids is 1. The molecule has 1 unspecified atom stereocenters. The van der Waals surface area contributed by atoms with E-state index < -0.39 is 12.1 Å². The van der Waals surface area contributed by atoms with E-state index in [9.17, 15) is 9.59 Å². The average Bonchev–Trinajstić information content (AvgIpc) is 2.38. The van der Waals surface area contributed by atoms with Crippen LogP contribution in [0.4, 0.5) is 4.79 Å². The standard InChI is InChI=1S/C13H27N3O4/c1-10(2)16(3)7-5-6-14-13(19)15-9-11(20-4)8-12(17)18/h10-11H,5-9H2,1-4H3,(H,17,18)(H2,14,15,19). The molecular weight excluding hydrogens is 262 g/mol. The highest BCUT2D eigenvalue weighted by atomic mass is 16.5. The summed E-state index contributed by atoms with van der Waals surface area (Å²) in [5, 5.41) is 14.0. The molecule has 7 nitrogen and oxygen atoms in total. The molecule has 0 aromatic rings. The van der Waals surface area contributed by atoms with Gasteiger partial charge in [0.2, 0.25) is 0 Å². The van der Waals surface area contributed by atoms with Crippen molar-refractivity contribution in [3.63, 3.8) is 0 Å². The molecule has 118 valence electrons. The zero-order chi connectivity index (χ0) is 15.5. The van der Waals surface area contributed by atoms with E-state index >= 15 is 0 Å². The van der Waals surface area contributed by atoms with E-state index in [2.05, 4.69) is 29.4 Å². The molecule has 0 radical (unpaired) electrons. The Morgan fingerprint density at radius 2 is 1.95 bits per heavy atom. The smallest absolute Gasteiger partial charge is 0.314 e. The third kappa shape index (κ3) is 9.57. The first-order valence-electron chi connectivity index (χ1n) is 6.83. The lowest BCUT2D eigenvalue weighted by Gasteiger charge is -2.20. The number of carboxylic acid groups (broad SMARTS) is 1. The minimum atomic E-state index is -0.948. The monoisotopic (exact) mass is 289 g/mol. The lowest BCUT2D eigenvalue weighted by atomic mass is 10.2. The molecule has 7 heteroatoms. The third-order valence-corrected chi connectivity index (χ3v) is 3.08. The zero-order valence-corrected chi connectivity index (χ0v) is 12.8. The summed E-state index contributed by atoms with van der Waals surface area (Å²) in [5.74, 6) is -0.948. The molecule has 0 bridgehead atoms. The summed E-state index contributed by atoms with van der Waals surface area (Å²) in [7, 11) is 3.47. The summed E-state index contributed by atoms with van der Waals surface area (Å²) < 4.78 is 4.96. The maximum absolute atomic E-state index is 11.5. The molecular formula is C13H27N3O4. The number of methoxy groups -OCH3 is 1. The number of urea groups is 1. The molecule has 0 aliphatic heterocycles. The number of carboxylic acids is 1. The fourth-order valence-electron chi connectivity index (χ4n) is 1.49. The number of amides is 2. The number of carbonyl (C=O) groups is 2. The van der Waals surface area contributed by atoms with Crippen LogP contribution < -0.4 is 10.6 Å². The van der Waals surface area contributed by atoms with Gasteiger partial charge in [0.1, 0.15) is 0 Å². The van der Waals surface area contributed by atoms with Crippen molar-refractivity contribution in [1.29, 1.82) is 0 Å². The second kappa shape index (κ2) is 10.4. The molecule has 2 amide bonds. The summed E-state index contributed by atoms with van der Waals surface area (Å²) in [5.41, 5.74) is 0. The van der Waals surface area contributed by atoms with Gasteiger partial charge in [-0.2, -0.15) is 0 Å². The van der Waals surface area contributed by atoms with Crippen molar-refractivity contribution in [2.75, 3.05) is 33.8 Å². The number of nitrogens with zero attached hydrogens (tertiary/aromatic N) is 1. The fourth-order valence-corrected chi connectivity index (χ4v) is 1.49. The Morgan fingerprint density at radius 3 is 2.45 bits per heavy atom. The summed E-state index contributed by atoms with van der Waals surface area (Å²) >= 11 is 0. The summed E-state index contributed by atoms with van der Waals surface area (Å²) in [6.07, 6.45) is 0.228. The average molecular weight is 289 g/mol. The largest absolute Gasteiger partial charge is 0.481 e. The van der Waals surface area contributed by atoms with E-state index in [4.69, 9.17) is 9.84 Å². The molecule has 0 heterocycles. The van der Waals surface area contributed by atoms with Crippen LogP contribution >= 0.6 is 0 Å². The molecule has 0 aliphatic rings. The van der Waals surface area contributed by atoms with Gasteiger partial charge in [-0.1, -0.05) is 0 Å². The molecule has 0 aromatic carbocycles. The number of ether oxygens (including phenoxy) is 1. The zero-order valence-electron chi connectivity index (χ0n) is 12.8. The van der Waals surface area contributed by atoms with Crippen LogP contribution in [0.3, 0.4) is 0 Å². The molecule has 0 rings (SSSR count). The van der Waals surface area contributed by atoms with Crippen molar-refractivity contribution >= 4 is 12.0 Å². The van der Waals surface area contributed by atoms with Gasteiger partial charge >= 0.3 is 12.0 Å². The van der Waals surface area contributed by atoms with Gasteiger partial charge in [0.25, 0.3) is 0 Å². The molecule has 20 heavy (non-hydrogen) atoms. The topological polar surface area (TPSA) is 90.9 Å². The minimum absolute atomic E-state index is 0.129. The van der Waals surface area contributed by atoms with E-state index in [1.807, 2.05) is 7.05 Å². The maximum atomic E-state index is 11.5. The Labute approximate surface area is 120 Å². The first kappa shape index (κ1) is 18.7. The third-order valence-electron chi connectivity index (χ3n) is 3.08. The van der Waals surface area contributed by atoms with Crippen LogP contribution in [0.1, 0.15) is 26.7 Å². The van der Waals surface area contributed by atoms with Gasteiger partial charge < -0.3 is 25.4 Å². The van der Waals surface area contributed by atoms with Gasteiger partial charge in [-0.05, 0) is 33.9 Å². The van der Waals surface area contributed by atoms with Crippen LogP contribution in [0.15, 0.2) is 0 Å². The van der Waals surface area contributed by atoms with Gasteiger partial charge in [0.05, 0.1) is 12.5 Å². The highest BCUT2D eigenvalue weighted by Gasteiger charge is 2.13. The fraction of sp³-hybridized carbons (Fsp3) is 0.846. The van der Waals surface area contributed by atoms with E-state index in [0.29, 0.717) is 12.6 Å². The molecule has 0 aliphatic carbocycles. The first-order valence-corrected chi connectivity index (χ1v) is 6.83. The molecule has 0 saturated carbocycles. The SMILES string of the molecule is COC(CNC(=O)NCCCN(C)C(C)C)CC(=O)O. The van der Waals surface area contributed by atoms with Crippen molar-refractivity contribution < 1.29 is 19.4 Å². The summed E-state index contributed by atoms with van der Waals surface area (Å²) in [4.78, 5) is 24.2. The molecule has 0 fully saturated rings. The number of hydrogen-bond acceptors (Lipinski definition) is 4. The number of rotatable bonds is 10. The Bertz CT molecular complexity index is 297. The summed E-state index contributed by atoms with van der Waals surface area (Å²) in [6, 6.07) is 0.187. The second-order valence-electron chi connectivity index (χ2n) is 5.02. The predicted molar refractivity (Wildman–Crippen MR) is 76.8 cm³/mol. The lowest BCUT2D eigenvalue weighted by Crippen LogP contribution is -2.41. The van der Waals surface area contributed by atoms with Crippen LogP contribution in [-0.4, -0.2) is 67.9 Å². The van der Waals surface area contributed by atoms with Crippen molar-refractivity contribution in [2.24, 2.45) is 0 Å². The van der Waals surface area contributed by atoms with E-state index in [0.717, 1.165) is 13.0 Å². The van der Waals surface area contributed by atoms with Crippen LogP contribution in [0.25, 0.3) is 0 Å². The highest BCUT2D eigenvalue weighted by Crippen LogP contribution is 1.96. The van der Waals surface area contributed by atoms with Gasteiger partial charge in [-0.15, -0.1) is 0 Å². The van der Waals surface area contributed by atoms with Gasteiger partial charge in [-0.25, -0.2) is 4.79 Å². The summed E-state index contributed by atoms with van der Waals surface area (Å²) in [6.45, 7) is 5.92. The first-order chi connectivity index (χ1) is 9.36. The van der Waals surface area contributed by atoms with Crippen LogP contribution in [0.2, 0.25) is 0 Å². The Hall–Kier alpha value is -1.34. The van der Waals surface area contributed by atoms with Crippen molar-refractivity contribution in [1.82, 2.24) is 15.5 Å². The lowest BCUT2D eigenvalue weighted by molar-refractivity contribution is -0.139. The quantitative estimate of drug-likeness (QED) is 0.510. The van der Waals surface area contributed by atoms with E-state index in [1.165, 1.54) is 7.11 Å². The predicted octanol–water partition coefficient (Wildman–Crippen LogP) is 0.506. The van der Waals surface area contributed by atoms with E-state index in [-0.39, 0.29) is 19.0 Å². The van der Waals surface area contributed by atoms with Crippen molar-refractivity contribution in [3.05, 3.63) is 0 Å². The number of hydrogen-bond donors (Lipinski definition) is 3. The van der Waals surface area contributed by atoms with Crippen LogP contribution in [0.5, 0.6) is 0 Å². The minimum Gasteiger partial charge on any atom is -0.481 e. The Balaban J connectivity index is 3.70. The second-order valence-corrected chi connectivity index (χ2v) is 5.02. The number of nitrogens with one attached hydrogen (secondary N) is 2. The van der Waals surface area contributed by atoms with Crippen LogP contribution in [0, 0.1) is 0 Å². The Morgan fingerprint density at radius 1 is 1.30 bits per heavy atom. The van der Waals surface area contributed by atoms with Crippen molar-refractivity contribution in [3.8, 4) is 0 Å². The number of carbonyl (C=O) groups excluding carboxylic acids is 1. The highest BCUT2D eigenvalue weighted by molar-refractivity contribution is 5.74. The van der Waals surface area contributed by atoms with Gasteiger partial charge in [-0.3, -0.25) is 4.79 Å². The normalized spacial score (nSPS) is 12.5. The molecule has 0 spiro atoms. The van der Waals surface area contributed by atoms with Crippen LogP contribution in [-0.2, 0) is 9.53 Å². The molecule has 1 atom stereocenters. The van der Waals surface area contributed by atoms with E-state index in [1.54, 1.807) is 0 Å². The molecule has 3 N–H and O–H groups in total. The van der Waals surface area contributed by atoms with Gasteiger partial charge in [0, 0.05) is 26.2 Å². The maximum Gasteiger partial charge on any atom is 0.314 e. The van der Waals surface area contributed by atoms with Crippen molar-refractivity contribution in [2.45, 2.75) is 38.8 Å². The molecule has 0 aromatic heterocycles.